The van der Waals surface area contributed by atoms with Crippen LogP contribution in [0.4, 0.5) is 5.82 Å². The molecule has 0 spiro atoms. The van der Waals surface area contributed by atoms with Crippen LogP contribution < -0.4 is 4.90 Å². The summed E-state index contributed by atoms with van der Waals surface area (Å²) in [7, 11) is 0. The quantitative estimate of drug-likeness (QED) is 0.584. The van der Waals surface area contributed by atoms with Crippen LogP contribution in [-0.2, 0) is 0 Å². The number of anilines is 1. The molecule has 23 heavy (non-hydrogen) atoms. The van der Waals surface area contributed by atoms with Gasteiger partial charge in [0.2, 0.25) is 0 Å². The van der Waals surface area contributed by atoms with E-state index >= 15 is 0 Å². The fourth-order valence-corrected chi connectivity index (χ4v) is 3.23. The minimum absolute atomic E-state index is 0.570. The van der Waals surface area contributed by atoms with Crippen molar-refractivity contribution in [2.45, 2.75) is 19.0 Å². The maximum absolute atomic E-state index is 6.01. The van der Waals surface area contributed by atoms with Crippen LogP contribution in [-0.4, -0.2) is 29.3 Å². The molecule has 0 aliphatic carbocycles. The van der Waals surface area contributed by atoms with Gasteiger partial charge in [-0.05, 0) is 41.5 Å². The minimum Gasteiger partial charge on any atom is -0.351 e. The second-order valence-electron chi connectivity index (χ2n) is 6.09. The van der Waals surface area contributed by atoms with E-state index in [-0.39, 0.29) is 0 Å². The highest BCUT2D eigenvalue weighted by Gasteiger charge is 2.22. The molecule has 0 fully saturated rings. The Bertz CT molecular complexity index is 726. The van der Waals surface area contributed by atoms with E-state index in [0.717, 1.165) is 34.6 Å². The highest BCUT2D eigenvalue weighted by molar-refractivity contribution is 7.98. The maximum atomic E-state index is 6.01. The second-order valence-corrected chi connectivity index (χ2v) is 7.30. The van der Waals surface area contributed by atoms with Crippen LogP contribution in [0, 0.1) is 5.92 Å². The molecule has 3 rings (SSSR count). The van der Waals surface area contributed by atoms with E-state index in [1.54, 1.807) is 11.8 Å². The normalized spacial score (nSPS) is 14.0. The Morgan fingerprint density at radius 1 is 1.26 bits per heavy atom. The molecule has 120 valence electrons. The minimum atomic E-state index is 0.570. The van der Waals surface area contributed by atoms with E-state index in [4.69, 9.17) is 16.6 Å². The van der Waals surface area contributed by atoms with E-state index in [2.05, 4.69) is 41.9 Å². The summed E-state index contributed by atoms with van der Waals surface area (Å²) in [5, 5.41) is 1.58. The number of aromatic nitrogens is 2. The number of fused-ring (bicyclic) bond motifs is 1. The molecule has 1 aliphatic heterocycles. The van der Waals surface area contributed by atoms with Crippen LogP contribution in [0.5, 0.6) is 0 Å². The standard InChI is InChI=1S/C18H20ClN3S/c1-12(2)10-22-11-15(13-4-6-16(19)7-5-13)8-14-9-20-18(23-3)21-17(14)22/h4-9,12H,10-11H2,1-3H3. The van der Waals surface area contributed by atoms with Gasteiger partial charge in [0.05, 0.1) is 0 Å². The van der Waals surface area contributed by atoms with Crippen molar-refractivity contribution in [3.8, 4) is 0 Å². The third kappa shape index (κ3) is 3.70. The third-order valence-corrected chi connectivity index (χ3v) is 4.56. The van der Waals surface area contributed by atoms with Gasteiger partial charge in [0, 0.05) is 29.9 Å². The lowest BCUT2D eigenvalue weighted by Crippen LogP contribution is -2.32. The Labute approximate surface area is 146 Å². The summed E-state index contributed by atoms with van der Waals surface area (Å²) >= 11 is 7.59. The Morgan fingerprint density at radius 3 is 2.65 bits per heavy atom. The lowest BCUT2D eigenvalue weighted by molar-refractivity contribution is 0.620. The van der Waals surface area contributed by atoms with Gasteiger partial charge in [-0.3, -0.25) is 0 Å². The Morgan fingerprint density at radius 2 is 2.00 bits per heavy atom. The lowest BCUT2D eigenvalue weighted by atomic mass is 9.99. The summed E-state index contributed by atoms with van der Waals surface area (Å²) in [4.78, 5) is 11.5. The zero-order valence-corrected chi connectivity index (χ0v) is 15.2. The summed E-state index contributed by atoms with van der Waals surface area (Å²) in [6, 6.07) is 8.02. The number of halogens is 1. The molecule has 0 radical (unpaired) electrons. The summed E-state index contributed by atoms with van der Waals surface area (Å²) < 4.78 is 0. The Hall–Kier alpha value is -1.52. The Balaban J connectivity index is 2.02. The summed E-state index contributed by atoms with van der Waals surface area (Å²) in [6.07, 6.45) is 6.13. The monoisotopic (exact) mass is 345 g/mol. The predicted molar refractivity (Wildman–Crippen MR) is 100 cm³/mol. The van der Waals surface area contributed by atoms with Crippen LogP contribution in [0.1, 0.15) is 25.0 Å². The maximum Gasteiger partial charge on any atom is 0.189 e. The van der Waals surface area contributed by atoms with Gasteiger partial charge in [-0.15, -0.1) is 0 Å². The van der Waals surface area contributed by atoms with Gasteiger partial charge in [-0.1, -0.05) is 49.3 Å². The first-order valence-corrected chi connectivity index (χ1v) is 9.29. The molecule has 3 nitrogen and oxygen atoms in total. The molecule has 0 unspecified atom stereocenters. The number of hydrogen-bond donors (Lipinski definition) is 0. The smallest absolute Gasteiger partial charge is 0.189 e. The molecular weight excluding hydrogens is 326 g/mol. The van der Waals surface area contributed by atoms with Gasteiger partial charge in [0.15, 0.2) is 5.16 Å². The largest absolute Gasteiger partial charge is 0.351 e. The molecule has 1 aliphatic rings. The Kier molecular flexibility index (Phi) is 4.93. The van der Waals surface area contributed by atoms with Crippen LogP contribution >= 0.6 is 23.4 Å². The molecule has 0 atom stereocenters. The number of thioether (sulfide) groups is 1. The number of benzene rings is 1. The molecule has 0 saturated carbocycles. The van der Waals surface area contributed by atoms with Crippen LogP contribution in [0.2, 0.25) is 5.02 Å². The zero-order valence-electron chi connectivity index (χ0n) is 13.6. The highest BCUT2D eigenvalue weighted by Crippen LogP contribution is 2.32. The van der Waals surface area contributed by atoms with E-state index in [0.29, 0.717) is 5.92 Å². The topological polar surface area (TPSA) is 29.0 Å². The SMILES string of the molecule is CSc1ncc2c(n1)N(CC(C)C)CC(c1ccc(Cl)cc1)=C2. The molecule has 2 heterocycles. The molecule has 0 amide bonds. The first kappa shape index (κ1) is 16.3. The first-order chi connectivity index (χ1) is 11.1. The summed E-state index contributed by atoms with van der Waals surface area (Å²) in [5.41, 5.74) is 3.55. The summed E-state index contributed by atoms with van der Waals surface area (Å²) in [5.74, 6) is 1.61. The predicted octanol–water partition coefficient (Wildman–Crippen LogP) is 4.87. The molecule has 0 saturated heterocycles. The first-order valence-electron chi connectivity index (χ1n) is 7.69. The average Bonchev–Trinajstić information content (AvgIpc) is 2.54. The zero-order chi connectivity index (χ0) is 16.4. The number of rotatable bonds is 4. The van der Waals surface area contributed by atoms with Crippen molar-refractivity contribution in [2.75, 3.05) is 24.2 Å². The van der Waals surface area contributed by atoms with E-state index < -0.39 is 0 Å². The van der Waals surface area contributed by atoms with Crippen LogP contribution in [0.15, 0.2) is 35.6 Å². The molecular formula is C18H20ClN3S. The fourth-order valence-electron chi connectivity index (χ4n) is 2.76. The van der Waals surface area contributed by atoms with Crippen molar-refractivity contribution in [1.82, 2.24) is 9.97 Å². The highest BCUT2D eigenvalue weighted by atomic mass is 35.5. The van der Waals surface area contributed by atoms with Gasteiger partial charge >= 0.3 is 0 Å². The van der Waals surface area contributed by atoms with Gasteiger partial charge < -0.3 is 4.90 Å². The van der Waals surface area contributed by atoms with Crippen molar-refractivity contribution in [3.63, 3.8) is 0 Å². The van der Waals surface area contributed by atoms with Crippen molar-refractivity contribution >= 4 is 40.8 Å². The summed E-state index contributed by atoms with van der Waals surface area (Å²) in [6.45, 7) is 6.30. The molecule has 5 heteroatoms. The second kappa shape index (κ2) is 6.93. The van der Waals surface area contributed by atoms with Gasteiger partial charge in [-0.2, -0.15) is 0 Å². The van der Waals surface area contributed by atoms with Gasteiger partial charge in [0.25, 0.3) is 0 Å². The van der Waals surface area contributed by atoms with E-state index in [1.807, 2.05) is 24.6 Å². The van der Waals surface area contributed by atoms with Crippen molar-refractivity contribution in [2.24, 2.45) is 5.92 Å². The molecule has 0 N–H and O–H groups in total. The molecule has 2 aromatic rings. The van der Waals surface area contributed by atoms with Crippen molar-refractivity contribution < 1.29 is 0 Å². The van der Waals surface area contributed by atoms with Crippen molar-refractivity contribution in [3.05, 3.63) is 46.6 Å². The van der Waals surface area contributed by atoms with Gasteiger partial charge in [-0.25, -0.2) is 9.97 Å². The molecule has 1 aromatic carbocycles. The van der Waals surface area contributed by atoms with Crippen LogP contribution in [0.3, 0.4) is 0 Å². The third-order valence-electron chi connectivity index (χ3n) is 3.75. The molecule has 0 bridgehead atoms. The van der Waals surface area contributed by atoms with E-state index in [9.17, 15) is 0 Å². The molecule has 1 aromatic heterocycles. The van der Waals surface area contributed by atoms with E-state index in [1.165, 1.54) is 11.1 Å². The average molecular weight is 346 g/mol. The van der Waals surface area contributed by atoms with Crippen LogP contribution in [0.25, 0.3) is 11.6 Å². The fraction of sp³-hybridized carbons (Fsp3) is 0.333. The lowest BCUT2D eigenvalue weighted by Gasteiger charge is -2.31. The number of hydrogen-bond acceptors (Lipinski definition) is 4. The van der Waals surface area contributed by atoms with Gasteiger partial charge in [0.1, 0.15) is 5.82 Å². The number of nitrogens with zero attached hydrogens (tertiary/aromatic N) is 3. The van der Waals surface area contributed by atoms with Crippen molar-refractivity contribution in [1.29, 1.82) is 0 Å².